The summed E-state index contributed by atoms with van der Waals surface area (Å²) in [4.78, 5) is 35.6. The van der Waals surface area contributed by atoms with Crippen LogP contribution in [0.15, 0.2) is 65.9 Å². The van der Waals surface area contributed by atoms with Gasteiger partial charge in [-0.3, -0.25) is 9.59 Å². The van der Waals surface area contributed by atoms with E-state index in [1.54, 1.807) is 11.8 Å². The maximum atomic E-state index is 13.9. The van der Waals surface area contributed by atoms with Gasteiger partial charge in [0.15, 0.2) is 5.76 Å². The van der Waals surface area contributed by atoms with E-state index < -0.39 is 17.7 Å². The Kier molecular flexibility index (Phi) is 7.56. The Morgan fingerprint density at radius 3 is 2.42 bits per heavy atom. The number of aliphatic hydroxyl groups excluding tert-OH is 1. The third-order valence-corrected chi connectivity index (χ3v) is 7.13. The highest BCUT2D eigenvalue weighted by molar-refractivity contribution is 7.17. The number of hydrogen-bond donors (Lipinski definition) is 1. The van der Waals surface area contributed by atoms with Crippen LogP contribution in [0.5, 0.6) is 5.75 Å². The summed E-state index contributed by atoms with van der Waals surface area (Å²) in [5.41, 5.74) is 2.30. The van der Waals surface area contributed by atoms with Gasteiger partial charge in [-0.25, -0.2) is 4.98 Å². The summed E-state index contributed by atoms with van der Waals surface area (Å²) in [5.74, 6) is -0.721. The van der Waals surface area contributed by atoms with Crippen LogP contribution in [0.25, 0.3) is 10.6 Å². The Hall–Kier alpha value is -3.49. The van der Waals surface area contributed by atoms with Crippen LogP contribution in [-0.4, -0.2) is 64.9 Å². The number of aromatic nitrogens is 1. The molecule has 1 atom stereocenters. The Labute approximate surface area is 215 Å². The van der Waals surface area contributed by atoms with Gasteiger partial charge >= 0.3 is 0 Å². The van der Waals surface area contributed by atoms with Crippen LogP contribution >= 0.6 is 11.3 Å². The van der Waals surface area contributed by atoms with Gasteiger partial charge in [-0.1, -0.05) is 42.5 Å². The first kappa shape index (κ1) is 25.6. The number of thiazole rings is 1. The molecule has 0 fully saturated rings. The fourth-order valence-electron chi connectivity index (χ4n) is 4.20. The van der Waals surface area contributed by atoms with E-state index >= 15 is 0 Å². The molecule has 0 spiro atoms. The summed E-state index contributed by atoms with van der Waals surface area (Å²) in [6.07, 6.45) is 0.0229. The van der Waals surface area contributed by atoms with Crippen molar-refractivity contribution >= 4 is 23.0 Å². The standard InChI is InChI=1S/C28H31N3O4S/c1-17(2)35-21-13-11-19(12-14-21)23-22(25(33)28(34)31(23)16-15-30(4)5)24(32)26-18(3)29-27(36-26)20-9-7-6-8-10-20/h6-14,17,23,33H,15-16H2,1-5H3. The maximum Gasteiger partial charge on any atom is 0.290 e. The molecular formula is C28H31N3O4S. The average Bonchev–Trinajstić information content (AvgIpc) is 3.35. The molecule has 188 valence electrons. The van der Waals surface area contributed by atoms with Crippen molar-refractivity contribution in [3.63, 3.8) is 0 Å². The van der Waals surface area contributed by atoms with Crippen molar-refractivity contribution in [2.45, 2.75) is 32.9 Å². The van der Waals surface area contributed by atoms with E-state index in [0.29, 0.717) is 29.4 Å². The Bertz CT molecular complexity index is 1280. The van der Waals surface area contributed by atoms with Crippen LogP contribution in [0.3, 0.4) is 0 Å². The third-order valence-electron chi connectivity index (χ3n) is 5.93. The van der Waals surface area contributed by atoms with Gasteiger partial charge in [-0.05, 0) is 52.6 Å². The van der Waals surface area contributed by atoms with Gasteiger partial charge in [-0.15, -0.1) is 11.3 Å². The minimum atomic E-state index is -0.709. The number of likely N-dealkylation sites (N-methyl/N-ethyl adjacent to an activating group) is 1. The molecule has 3 aromatic rings. The number of Topliss-reactive ketones (excluding diaryl/α,β-unsaturated/α-hetero) is 1. The summed E-state index contributed by atoms with van der Waals surface area (Å²) in [6.45, 7) is 6.62. The summed E-state index contributed by atoms with van der Waals surface area (Å²) >= 11 is 1.27. The number of benzene rings is 2. The van der Waals surface area contributed by atoms with Crippen molar-refractivity contribution in [1.82, 2.24) is 14.8 Å². The van der Waals surface area contributed by atoms with Crippen molar-refractivity contribution < 1.29 is 19.4 Å². The molecule has 8 heteroatoms. The Morgan fingerprint density at radius 1 is 1.14 bits per heavy atom. The molecule has 0 saturated carbocycles. The fourth-order valence-corrected chi connectivity index (χ4v) is 5.23. The molecule has 4 rings (SSSR count). The van der Waals surface area contributed by atoms with Gasteiger partial charge in [-0.2, -0.15) is 0 Å². The maximum absolute atomic E-state index is 13.9. The minimum Gasteiger partial charge on any atom is -0.503 e. The van der Waals surface area contributed by atoms with Gasteiger partial charge < -0.3 is 19.6 Å². The molecule has 1 aliphatic rings. The van der Waals surface area contributed by atoms with Gasteiger partial charge in [0.25, 0.3) is 5.91 Å². The van der Waals surface area contributed by atoms with E-state index in [2.05, 4.69) is 4.98 Å². The molecule has 0 saturated heterocycles. The lowest BCUT2D eigenvalue weighted by Gasteiger charge is -2.28. The predicted octanol–water partition coefficient (Wildman–Crippen LogP) is 5.05. The third kappa shape index (κ3) is 5.20. The normalized spacial score (nSPS) is 15.9. The van der Waals surface area contributed by atoms with E-state index in [-0.39, 0.29) is 17.5 Å². The SMILES string of the molecule is Cc1nc(-c2ccccc2)sc1C(=O)C1=C(O)C(=O)N(CCN(C)C)C1c1ccc(OC(C)C)cc1. The molecule has 0 aliphatic carbocycles. The van der Waals surface area contributed by atoms with E-state index in [1.165, 1.54) is 11.3 Å². The summed E-state index contributed by atoms with van der Waals surface area (Å²) < 4.78 is 5.76. The summed E-state index contributed by atoms with van der Waals surface area (Å²) in [7, 11) is 3.83. The van der Waals surface area contributed by atoms with E-state index in [9.17, 15) is 14.7 Å². The molecule has 7 nitrogen and oxygen atoms in total. The highest BCUT2D eigenvalue weighted by Crippen LogP contribution is 2.41. The molecule has 1 aliphatic heterocycles. The number of carbonyl (C=O) groups is 2. The fraction of sp³-hybridized carbons (Fsp3) is 0.321. The second-order valence-corrected chi connectivity index (χ2v) is 10.3. The smallest absolute Gasteiger partial charge is 0.290 e. The van der Waals surface area contributed by atoms with Crippen molar-refractivity contribution in [1.29, 1.82) is 0 Å². The number of carbonyl (C=O) groups excluding carboxylic acids is 2. The van der Waals surface area contributed by atoms with E-state index in [1.807, 2.05) is 87.4 Å². The average molecular weight is 506 g/mol. The van der Waals surface area contributed by atoms with Crippen molar-refractivity contribution in [3.05, 3.63) is 82.1 Å². The molecular weight excluding hydrogens is 474 g/mol. The van der Waals surface area contributed by atoms with Gasteiger partial charge in [0.1, 0.15) is 10.8 Å². The number of aryl methyl sites for hydroxylation is 1. The second kappa shape index (κ2) is 10.6. The van der Waals surface area contributed by atoms with Crippen LogP contribution in [-0.2, 0) is 4.79 Å². The Balaban J connectivity index is 1.74. The zero-order valence-corrected chi connectivity index (χ0v) is 22.0. The largest absolute Gasteiger partial charge is 0.503 e. The van der Waals surface area contributed by atoms with Crippen LogP contribution in [0, 0.1) is 6.92 Å². The lowest BCUT2D eigenvalue weighted by Crippen LogP contribution is -2.36. The highest BCUT2D eigenvalue weighted by atomic mass is 32.1. The van der Waals surface area contributed by atoms with Crippen LogP contribution in [0.2, 0.25) is 0 Å². The highest BCUT2D eigenvalue weighted by Gasteiger charge is 2.44. The number of amides is 1. The zero-order valence-electron chi connectivity index (χ0n) is 21.2. The zero-order chi connectivity index (χ0) is 26.0. The molecule has 1 amide bonds. The molecule has 0 radical (unpaired) electrons. The second-order valence-electron chi connectivity index (χ2n) is 9.33. The summed E-state index contributed by atoms with van der Waals surface area (Å²) in [5, 5.41) is 11.7. The van der Waals surface area contributed by atoms with Crippen LogP contribution < -0.4 is 4.74 Å². The quantitative estimate of drug-likeness (QED) is 0.410. The van der Waals surface area contributed by atoms with E-state index in [0.717, 1.165) is 16.1 Å². The van der Waals surface area contributed by atoms with Crippen molar-refractivity contribution in [2.75, 3.05) is 27.2 Å². The van der Waals surface area contributed by atoms with Gasteiger partial charge in [0, 0.05) is 18.7 Å². The lowest BCUT2D eigenvalue weighted by atomic mass is 9.95. The van der Waals surface area contributed by atoms with Crippen molar-refractivity contribution in [3.8, 4) is 16.3 Å². The first-order chi connectivity index (χ1) is 17.2. The topological polar surface area (TPSA) is 83.0 Å². The molecule has 2 heterocycles. The number of ether oxygens (including phenoxy) is 1. The lowest BCUT2D eigenvalue weighted by molar-refractivity contribution is -0.129. The first-order valence-electron chi connectivity index (χ1n) is 11.9. The van der Waals surface area contributed by atoms with Crippen LogP contribution in [0.4, 0.5) is 0 Å². The van der Waals surface area contributed by atoms with E-state index in [4.69, 9.17) is 4.74 Å². The molecule has 1 unspecified atom stereocenters. The number of aliphatic hydroxyl groups is 1. The molecule has 0 bridgehead atoms. The van der Waals surface area contributed by atoms with Gasteiger partial charge in [0.2, 0.25) is 5.78 Å². The number of ketones is 1. The molecule has 2 aromatic carbocycles. The summed E-state index contributed by atoms with van der Waals surface area (Å²) in [6, 6.07) is 16.3. The Morgan fingerprint density at radius 2 is 1.81 bits per heavy atom. The van der Waals surface area contributed by atoms with Crippen molar-refractivity contribution in [2.24, 2.45) is 0 Å². The minimum absolute atomic E-state index is 0.0229. The van der Waals surface area contributed by atoms with Gasteiger partial charge in [0.05, 0.1) is 28.3 Å². The monoisotopic (exact) mass is 505 g/mol. The predicted molar refractivity (Wildman–Crippen MR) is 141 cm³/mol. The molecule has 1 N–H and O–H groups in total. The first-order valence-corrected chi connectivity index (χ1v) is 12.7. The molecule has 1 aromatic heterocycles. The van der Waals surface area contributed by atoms with Crippen LogP contribution in [0.1, 0.15) is 40.8 Å². The number of rotatable bonds is 9. The number of hydrogen-bond acceptors (Lipinski definition) is 7. The molecule has 36 heavy (non-hydrogen) atoms. The number of nitrogens with zero attached hydrogens (tertiary/aromatic N) is 3.